The van der Waals surface area contributed by atoms with Crippen molar-refractivity contribution in [3.05, 3.63) is 47.8 Å². The molecule has 1 saturated carbocycles. The SMILES string of the molecule is Cl.O=C(NCc1ccccc1OCC1CC1)c1ccn(C2CCCNC2)n1. The predicted molar refractivity (Wildman–Crippen MR) is 106 cm³/mol. The highest BCUT2D eigenvalue weighted by Crippen LogP contribution is 2.30. The van der Waals surface area contributed by atoms with Crippen LogP contribution in [0.1, 0.15) is 47.8 Å². The first-order valence-corrected chi connectivity index (χ1v) is 9.54. The standard InChI is InChI=1S/C20H26N4O2.ClH/c25-20(18-9-11-24(23-18)17-5-3-10-21-13-17)22-12-16-4-1-2-6-19(16)26-14-15-7-8-15;/h1-2,4,6,9,11,15,17,21H,3,5,7-8,10,12-14H2,(H,22,25);1H. The third-order valence-electron chi connectivity index (χ3n) is 5.07. The Kier molecular flexibility index (Phi) is 6.74. The maximum absolute atomic E-state index is 12.5. The van der Waals surface area contributed by atoms with E-state index < -0.39 is 0 Å². The summed E-state index contributed by atoms with van der Waals surface area (Å²) < 4.78 is 7.82. The lowest BCUT2D eigenvalue weighted by molar-refractivity contribution is 0.0944. The van der Waals surface area contributed by atoms with Crippen molar-refractivity contribution in [1.82, 2.24) is 20.4 Å². The molecule has 2 N–H and O–H groups in total. The molecule has 146 valence electrons. The van der Waals surface area contributed by atoms with Gasteiger partial charge in [-0.15, -0.1) is 12.4 Å². The summed E-state index contributed by atoms with van der Waals surface area (Å²) in [7, 11) is 0. The molecule has 7 heteroatoms. The van der Waals surface area contributed by atoms with Gasteiger partial charge in [-0.2, -0.15) is 5.10 Å². The largest absolute Gasteiger partial charge is 0.493 e. The fourth-order valence-electron chi connectivity index (χ4n) is 3.27. The van der Waals surface area contributed by atoms with Crippen LogP contribution in [0.25, 0.3) is 0 Å². The number of ether oxygens (including phenoxy) is 1. The third kappa shape index (κ3) is 5.23. The smallest absolute Gasteiger partial charge is 0.272 e. The molecule has 2 aliphatic rings. The molecular weight excluding hydrogens is 364 g/mol. The van der Waals surface area contributed by atoms with Gasteiger partial charge in [0.25, 0.3) is 5.91 Å². The molecule has 2 aromatic rings. The van der Waals surface area contributed by atoms with Crippen molar-refractivity contribution in [3.63, 3.8) is 0 Å². The summed E-state index contributed by atoms with van der Waals surface area (Å²) >= 11 is 0. The van der Waals surface area contributed by atoms with E-state index >= 15 is 0 Å². The second-order valence-corrected chi connectivity index (χ2v) is 7.23. The van der Waals surface area contributed by atoms with E-state index in [1.54, 1.807) is 6.07 Å². The van der Waals surface area contributed by atoms with E-state index in [0.717, 1.165) is 43.9 Å². The average Bonchev–Trinajstić information content (AvgIpc) is 3.39. The van der Waals surface area contributed by atoms with E-state index in [-0.39, 0.29) is 18.3 Å². The topological polar surface area (TPSA) is 68.2 Å². The number of hydrogen-bond acceptors (Lipinski definition) is 4. The maximum atomic E-state index is 12.5. The second-order valence-electron chi connectivity index (χ2n) is 7.23. The highest BCUT2D eigenvalue weighted by atomic mass is 35.5. The van der Waals surface area contributed by atoms with Gasteiger partial charge < -0.3 is 15.4 Å². The molecule has 27 heavy (non-hydrogen) atoms. The number of nitrogens with zero attached hydrogens (tertiary/aromatic N) is 2. The predicted octanol–water partition coefficient (Wildman–Crippen LogP) is 2.95. The van der Waals surface area contributed by atoms with Crippen LogP contribution >= 0.6 is 12.4 Å². The van der Waals surface area contributed by atoms with Crippen molar-refractivity contribution < 1.29 is 9.53 Å². The number of piperidine rings is 1. The summed E-state index contributed by atoms with van der Waals surface area (Å²) in [6, 6.07) is 10.0. The van der Waals surface area contributed by atoms with Gasteiger partial charge in [-0.05, 0) is 50.3 Å². The molecule has 0 bridgehead atoms. The first-order valence-electron chi connectivity index (χ1n) is 9.54. The molecule has 0 radical (unpaired) electrons. The fourth-order valence-corrected chi connectivity index (χ4v) is 3.27. The summed E-state index contributed by atoms with van der Waals surface area (Å²) in [5.41, 5.74) is 1.46. The second kappa shape index (κ2) is 9.24. The van der Waals surface area contributed by atoms with Crippen molar-refractivity contribution >= 4 is 18.3 Å². The summed E-state index contributed by atoms with van der Waals surface area (Å²) in [4.78, 5) is 12.5. The minimum absolute atomic E-state index is 0. The van der Waals surface area contributed by atoms with Crippen LogP contribution in [0, 0.1) is 5.92 Å². The first-order chi connectivity index (χ1) is 12.8. The summed E-state index contributed by atoms with van der Waals surface area (Å²) in [5.74, 6) is 1.42. The van der Waals surface area contributed by atoms with Gasteiger partial charge in [0.15, 0.2) is 0 Å². The Morgan fingerprint density at radius 1 is 1.26 bits per heavy atom. The quantitative estimate of drug-likeness (QED) is 0.762. The van der Waals surface area contributed by atoms with Gasteiger partial charge in [0, 0.05) is 24.8 Å². The van der Waals surface area contributed by atoms with E-state index in [1.807, 2.05) is 35.1 Å². The van der Waals surface area contributed by atoms with Crippen molar-refractivity contribution in [2.75, 3.05) is 19.7 Å². The third-order valence-corrected chi connectivity index (χ3v) is 5.07. The van der Waals surface area contributed by atoms with Gasteiger partial charge in [-0.1, -0.05) is 18.2 Å². The number of nitrogens with one attached hydrogen (secondary N) is 2. The summed E-state index contributed by atoms with van der Waals surface area (Å²) in [5, 5.41) is 10.8. The molecule has 4 rings (SSSR count). The van der Waals surface area contributed by atoms with Crippen LogP contribution in [0.5, 0.6) is 5.75 Å². The summed E-state index contributed by atoms with van der Waals surface area (Å²) in [6.45, 7) is 3.18. The van der Waals surface area contributed by atoms with Gasteiger partial charge in [0.2, 0.25) is 0 Å². The number of amides is 1. The molecule has 1 amide bonds. The minimum atomic E-state index is -0.149. The molecule has 1 aliphatic carbocycles. The van der Waals surface area contributed by atoms with Crippen LogP contribution in [-0.4, -0.2) is 35.4 Å². The molecule has 2 heterocycles. The lowest BCUT2D eigenvalue weighted by atomic mass is 10.1. The number of para-hydroxylation sites is 1. The van der Waals surface area contributed by atoms with Crippen LogP contribution in [0.2, 0.25) is 0 Å². The van der Waals surface area contributed by atoms with E-state index in [0.29, 0.717) is 24.2 Å². The highest BCUT2D eigenvalue weighted by Gasteiger charge is 2.22. The molecule has 1 saturated heterocycles. The van der Waals surface area contributed by atoms with E-state index in [9.17, 15) is 4.79 Å². The van der Waals surface area contributed by atoms with E-state index in [1.165, 1.54) is 12.8 Å². The first kappa shape index (κ1) is 19.7. The Bertz CT molecular complexity index is 754. The number of aromatic nitrogens is 2. The number of halogens is 1. The maximum Gasteiger partial charge on any atom is 0.272 e. The average molecular weight is 391 g/mol. The lowest BCUT2D eigenvalue weighted by Crippen LogP contribution is -2.32. The molecule has 1 aromatic carbocycles. The van der Waals surface area contributed by atoms with Gasteiger partial charge in [-0.3, -0.25) is 9.48 Å². The Balaban J connectivity index is 0.00000210. The molecule has 6 nitrogen and oxygen atoms in total. The number of benzene rings is 1. The fraction of sp³-hybridized carbons (Fsp3) is 0.500. The minimum Gasteiger partial charge on any atom is -0.493 e. The zero-order chi connectivity index (χ0) is 17.8. The normalized spacial score (nSPS) is 19.2. The highest BCUT2D eigenvalue weighted by molar-refractivity contribution is 5.92. The van der Waals surface area contributed by atoms with Crippen molar-refractivity contribution in [3.8, 4) is 5.75 Å². The molecule has 0 spiro atoms. The molecule has 1 aromatic heterocycles. The van der Waals surface area contributed by atoms with E-state index in [2.05, 4.69) is 15.7 Å². The number of hydrogen-bond donors (Lipinski definition) is 2. The van der Waals surface area contributed by atoms with Crippen molar-refractivity contribution in [2.24, 2.45) is 5.92 Å². The Hall–Kier alpha value is -2.05. The molecule has 1 unspecified atom stereocenters. The Morgan fingerprint density at radius 3 is 2.89 bits per heavy atom. The van der Waals surface area contributed by atoms with E-state index in [4.69, 9.17) is 4.74 Å². The summed E-state index contributed by atoms with van der Waals surface area (Å²) in [6.07, 6.45) is 6.67. The van der Waals surface area contributed by atoms with Gasteiger partial charge in [0.1, 0.15) is 11.4 Å². The zero-order valence-electron chi connectivity index (χ0n) is 15.4. The Labute approximate surface area is 166 Å². The van der Waals surface area contributed by atoms with Crippen LogP contribution in [-0.2, 0) is 6.54 Å². The Morgan fingerprint density at radius 2 is 2.11 bits per heavy atom. The lowest BCUT2D eigenvalue weighted by Gasteiger charge is -2.22. The van der Waals surface area contributed by atoms with Crippen LogP contribution in [0.3, 0.4) is 0 Å². The number of carbonyl (C=O) groups is 1. The molecule has 1 aliphatic heterocycles. The van der Waals surface area contributed by atoms with Crippen molar-refractivity contribution in [1.29, 1.82) is 0 Å². The zero-order valence-corrected chi connectivity index (χ0v) is 16.2. The van der Waals surface area contributed by atoms with Crippen LogP contribution < -0.4 is 15.4 Å². The monoisotopic (exact) mass is 390 g/mol. The molecular formula is C20H27ClN4O2. The van der Waals surface area contributed by atoms with Gasteiger partial charge in [-0.25, -0.2) is 0 Å². The van der Waals surface area contributed by atoms with Crippen molar-refractivity contribution in [2.45, 2.75) is 38.3 Å². The van der Waals surface area contributed by atoms with Gasteiger partial charge in [0.05, 0.1) is 12.6 Å². The molecule has 2 fully saturated rings. The number of carbonyl (C=O) groups excluding carboxylic acids is 1. The molecule has 1 atom stereocenters. The van der Waals surface area contributed by atoms with Gasteiger partial charge >= 0.3 is 0 Å². The van der Waals surface area contributed by atoms with Crippen LogP contribution in [0.4, 0.5) is 0 Å². The van der Waals surface area contributed by atoms with Crippen LogP contribution in [0.15, 0.2) is 36.5 Å². The number of rotatable bonds is 7.